The van der Waals surface area contributed by atoms with Gasteiger partial charge in [-0.05, 0) is 24.1 Å². The fraction of sp³-hybridized carbons (Fsp3) is 0.111. The molecular formula is C27H22N2OS2. The van der Waals surface area contributed by atoms with Crippen molar-refractivity contribution in [2.24, 2.45) is 0 Å². The summed E-state index contributed by atoms with van der Waals surface area (Å²) in [7, 11) is -1.07. The van der Waals surface area contributed by atoms with Crippen molar-refractivity contribution >= 4 is 22.6 Å². The molecule has 0 saturated heterocycles. The van der Waals surface area contributed by atoms with Crippen LogP contribution in [-0.2, 0) is 16.6 Å². The highest BCUT2D eigenvalue weighted by Gasteiger charge is 2.17. The predicted molar refractivity (Wildman–Crippen MR) is 134 cm³/mol. The zero-order chi connectivity index (χ0) is 22.3. The summed E-state index contributed by atoms with van der Waals surface area (Å²) in [4.78, 5) is 4.81. The first kappa shape index (κ1) is 22.0. The summed E-state index contributed by atoms with van der Waals surface area (Å²) in [5.74, 6) is 0.485. The van der Waals surface area contributed by atoms with Gasteiger partial charge in [-0.15, -0.1) is 0 Å². The van der Waals surface area contributed by atoms with Gasteiger partial charge in [0.05, 0.1) is 16.3 Å². The van der Waals surface area contributed by atoms with Crippen LogP contribution in [-0.4, -0.2) is 14.3 Å². The molecule has 1 atom stereocenters. The molecule has 0 aliphatic carbocycles. The Bertz CT molecular complexity index is 1270. The summed E-state index contributed by atoms with van der Waals surface area (Å²) in [5.41, 5.74) is 6.34. The van der Waals surface area contributed by atoms with Gasteiger partial charge in [-0.25, -0.2) is 4.98 Å². The molecule has 4 aromatic rings. The largest absolute Gasteiger partial charge is 0.258 e. The van der Waals surface area contributed by atoms with Gasteiger partial charge >= 0.3 is 0 Å². The van der Waals surface area contributed by atoms with E-state index in [-0.39, 0.29) is 0 Å². The van der Waals surface area contributed by atoms with Crippen LogP contribution in [0.25, 0.3) is 22.4 Å². The van der Waals surface area contributed by atoms with Crippen molar-refractivity contribution < 1.29 is 4.21 Å². The zero-order valence-corrected chi connectivity index (χ0v) is 19.3. The Labute approximate surface area is 195 Å². The fourth-order valence-electron chi connectivity index (χ4n) is 3.38. The number of nitriles is 1. The molecule has 0 radical (unpaired) electrons. The summed E-state index contributed by atoms with van der Waals surface area (Å²) in [5, 5.41) is 11.0. The average molecular weight is 455 g/mol. The van der Waals surface area contributed by atoms with Crippen molar-refractivity contribution in [2.45, 2.75) is 17.7 Å². The maximum absolute atomic E-state index is 12.7. The monoisotopic (exact) mass is 454 g/mol. The highest BCUT2D eigenvalue weighted by Crippen LogP contribution is 2.34. The third-order valence-electron chi connectivity index (χ3n) is 5.03. The Kier molecular flexibility index (Phi) is 7.16. The Morgan fingerprint density at radius 1 is 0.906 bits per heavy atom. The molecule has 1 aromatic heterocycles. The van der Waals surface area contributed by atoms with Gasteiger partial charge in [-0.1, -0.05) is 102 Å². The van der Waals surface area contributed by atoms with E-state index in [4.69, 9.17) is 4.98 Å². The number of rotatable bonds is 7. The lowest BCUT2D eigenvalue weighted by Crippen LogP contribution is -2.01. The lowest BCUT2D eigenvalue weighted by atomic mass is 9.99. The third kappa shape index (κ3) is 5.34. The molecule has 0 bridgehead atoms. The SMILES string of the molecule is Cc1ccc(-c2cc(-c3ccccc3)c(C#N)c(SC[S@@](=O)Cc3ccccc3)n2)cc1. The molecule has 3 nitrogen and oxygen atoms in total. The Morgan fingerprint density at radius 3 is 2.22 bits per heavy atom. The number of nitrogens with zero attached hydrogens (tertiary/aromatic N) is 2. The molecule has 0 saturated carbocycles. The molecule has 0 aliphatic heterocycles. The van der Waals surface area contributed by atoms with E-state index < -0.39 is 10.8 Å². The maximum Gasteiger partial charge on any atom is 0.116 e. The highest BCUT2D eigenvalue weighted by molar-refractivity contribution is 8.10. The van der Waals surface area contributed by atoms with Crippen LogP contribution in [0.1, 0.15) is 16.7 Å². The predicted octanol–water partition coefficient (Wildman–Crippen LogP) is 6.59. The standard InChI is InChI=1S/C27H22N2OS2/c1-20-12-14-23(15-13-20)26-16-24(22-10-6-3-7-11-22)25(17-28)27(29-26)31-19-32(30)18-21-8-4-2-5-9-21/h2-16H,18-19H2,1H3/t32-/m0/s1. The topological polar surface area (TPSA) is 53.8 Å². The summed E-state index contributed by atoms with van der Waals surface area (Å²) in [6.07, 6.45) is 0. The molecule has 158 valence electrons. The molecule has 3 aromatic carbocycles. The van der Waals surface area contributed by atoms with Crippen molar-refractivity contribution in [2.75, 3.05) is 5.08 Å². The molecule has 1 heterocycles. The lowest BCUT2D eigenvalue weighted by molar-refractivity contribution is 0.685. The van der Waals surface area contributed by atoms with Gasteiger partial charge in [-0.3, -0.25) is 4.21 Å². The van der Waals surface area contributed by atoms with Crippen LogP contribution in [0.2, 0.25) is 0 Å². The van der Waals surface area contributed by atoms with Crippen molar-refractivity contribution in [3.05, 3.63) is 108 Å². The van der Waals surface area contributed by atoms with Gasteiger partial charge in [0.1, 0.15) is 11.1 Å². The van der Waals surface area contributed by atoms with Crippen LogP contribution in [0, 0.1) is 18.3 Å². The summed E-state index contributed by atoms with van der Waals surface area (Å²) in [6, 6.07) is 32.2. The van der Waals surface area contributed by atoms with Crippen LogP contribution in [0.15, 0.2) is 96.0 Å². The number of hydrogen-bond donors (Lipinski definition) is 0. The van der Waals surface area contributed by atoms with Crippen molar-refractivity contribution in [1.82, 2.24) is 4.98 Å². The molecule has 4 rings (SSSR count). The molecule has 0 aliphatic rings. The first-order valence-corrected chi connectivity index (χ1v) is 12.7. The molecule has 0 amide bonds. The summed E-state index contributed by atoms with van der Waals surface area (Å²) < 4.78 is 12.7. The van der Waals surface area contributed by atoms with Gasteiger partial charge in [0.25, 0.3) is 0 Å². The summed E-state index contributed by atoms with van der Waals surface area (Å²) >= 11 is 1.39. The van der Waals surface area contributed by atoms with Crippen molar-refractivity contribution in [3.8, 4) is 28.5 Å². The molecule has 0 N–H and O–H groups in total. The molecular weight excluding hydrogens is 432 g/mol. The van der Waals surface area contributed by atoms with E-state index in [0.29, 0.717) is 21.4 Å². The maximum atomic E-state index is 12.7. The van der Waals surface area contributed by atoms with E-state index in [1.165, 1.54) is 17.3 Å². The van der Waals surface area contributed by atoms with Crippen LogP contribution in [0.5, 0.6) is 0 Å². The Hall–Kier alpha value is -3.20. The second-order valence-electron chi connectivity index (χ2n) is 7.41. The minimum Gasteiger partial charge on any atom is -0.258 e. The number of aryl methyl sites for hydroxylation is 1. The second kappa shape index (κ2) is 10.4. The van der Waals surface area contributed by atoms with Crippen molar-refractivity contribution in [1.29, 1.82) is 5.26 Å². The first-order valence-electron chi connectivity index (χ1n) is 10.2. The molecule has 0 fully saturated rings. The van der Waals surface area contributed by atoms with Gasteiger partial charge in [-0.2, -0.15) is 5.26 Å². The van der Waals surface area contributed by atoms with Crippen molar-refractivity contribution in [3.63, 3.8) is 0 Å². The fourth-order valence-corrected chi connectivity index (χ4v) is 5.71. The minimum atomic E-state index is -1.07. The Morgan fingerprint density at radius 2 is 1.56 bits per heavy atom. The number of thioether (sulfide) groups is 1. The quantitative estimate of drug-likeness (QED) is 0.295. The molecule has 32 heavy (non-hydrogen) atoms. The third-order valence-corrected chi connectivity index (χ3v) is 7.77. The van der Waals surface area contributed by atoms with Gasteiger partial charge in [0.2, 0.25) is 0 Å². The van der Waals surface area contributed by atoms with Crippen LogP contribution >= 0.6 is 11.8 Å². The molecule has 0 spiro atoms. The number of aromatic nitrogens is 1. The van der Waals surface area contributed by atoms with Crippen LogP contribution in [0.3, 0.4) is 0 Å². The van der Waals surface area contributed by atoms with Gasteiger partial charge in [0, 0.05) is 27.7 Å². The number of pyridine rings is 1. The minimum absolute atomic E-state index is 0.377. The van der Waals surface area contributed by atoms with E-state index in [0.717, 1.165) is 27.9 Å². The summed E-state index contributed by atoms with van der Waals surface area (Å²) in [6.45, 7) is 2.05. The number of hydrogen-bond acceptors (Lipinski definition) is 4. The highest BCUT2D eigenvalue weighted by atomic mass is 32.2. The van der Waals surface area contributed by atoms with E-state index in [1.54, 1.807) is 0 Å². The van der Waals surface area contributed by atoms with Gasteiger partial charge in [0.15, 0.2) is 0 Å². The smallest absolute Gasteiger partial charge is 0.116 e. The van der Waals surface area contributed by atoms with Gasteiger partial charge < -0.3 is 0 Å². The van der Waals surface area contributed by atoms with E-state index >= 15 is 0 Å². The van der Waals surface area contributed by atoms with Crippen LogP contribution < -0.4 is 0 Å². The lowest BCUT2D eigenvalue weighted by Gasteiger charge is -2.13. The van der Waals surface area contributed by atoms with E-state index in [2.05, 4.69) is 25.1 Å². The van der Waals surface area contributed by atoms with E-state index in [1.807, 2.05) is 78.9 Å². The molecule has 5 heteroatoms. The zero-order valence-electron chi connectivity index (χ0n) is 17.7. The first-order chi connectivity index (χ1) is 15.6. The normalized spacial score (nSPS) is 11.6. The number of benzene rings is 3. The van der Waals surface area contributed by atoms with Crippen LogP contribution in [0.4, 0.5) is 0 Å². The van der Waals surface area contributed by atoms with E-state index in [9.17, 15) is 9.47 Å². The second-order valence-corrected chi connectivity index (χ2v) is 10.2. The Balaban J connectivity index is 1.69. The average Bonchev–Trinajstić information content (AvgIpc) is 2.84. The molecule has 0 unspecified atom stereocenters.